The van der Waals surface area contributed by atoms with Gasteiger partial charge in [-0.1, -0.05) is 6.07 Å². The number of sulfonamides is 1. The monoisotopic (exact) mass is 413 g/mol. The lowest BCUT2D eigenvalue weighted by atomic mass is 10.2. The average Bonchev–Trinajstić information content (AvgIpc) is 2.49. The molecular weight excluding hydrogens is 394 g/mol. The molecule has 0 aliphatic rings. The van der Waals surface area contributed by atoms with Gasteiger partial charge >= 0.3 is 0 Å². The second kappa shape index (κ2) is 7.90. The molecule has 1 N–H and O–H groups in total. The lowest BCUT2D eigenvalue weighted by Crippen LogP contribution is -2.14. The Bertz CT molecular complexity index is 821. The number of anilines is 1. The summed E-state index contributed by atoms with van der Waals surface area (Å²) in [6, 6.07) is 10.1. The second-order valence-corrected chi connectivity index (χ2v) is 7.57. The molecule has 5 nitrogen and oxygen atoms in total. The van der Waals surface area contributed by atoms with Crippen LogP contribution in [-0.4, -0.2) is 21.6 Å². The van der Waals surface area contributed by atoms with Crippen LogP contribution < -0.4 is 14.2 Å². The zero-order valence-electron chi connectivity index (χ0n) is 13.8. The number of hydrogen-bond acceptors (Lipinski definition) is 4. The summed E-state index contributed by atoms with van der Waals surface area (Å²) >= 11 is 3.31. The van der Waals surface area contributed by atoms with E-state index in [0.29, 0.717) is 34.9 Å². The van der Waals surface area contributed by atoms with E-state index in [1.54, 1.807) is 36.4 Å². The van der Waals surface area contributed by atoms with Gasteiger partial charge in [-0.2, -0.15) is 0 Å². The van der Waals surface area contributed by atoms with E-state index in [1.807, 2.05) is 20.8 Å². The number of benzene rings is 2. The van der Waals surface area contributed by atoms with E-state index < -0.39 is 10.0 Å². The first-order chi connectivity index (χ1) is 11.4. The molecule has 0 bridgehead atoms. The number of halogens is 1. The van der Waals surface area contributed by atoms with Crippen LogP contribution in [0.1, 0.15) is 19.4 Å². The molecule has 0 unspecified atom stereocenters. The van der Waals surface area contributed by atoms with Gasteiger partial charge in [0.15, 0.2) is 0 Å². The maximum atomic E-state index is 12.7. The molecule has 24 heavy (non-hydrogen) atoms. The van der Waals surface area contributed by atoms with Gasteiger partial charge in [0.25, 0.3) is 10.0 Å². The molecular formula is C17H20BrNO4S. The number of nitrogens with one attached hydrogen (secondary N) is 1. The third kappa shape index (κ3) is 4.42. The van der Waals surface area contributed by atoms with Crippen molar-refractivity contribution >= 4 is 31.6 Å². The zero-order valence-corrected chi connectivity index (χ0v) is 16.2. The summed E-state index contributed by atoms with van der Waals surface area (Å²) in [6.45, 7) is 6.52. The molecule has 0 fully saturated rings. The van der Waals surface area contributed by atoms with Crippen LogP contribution in [0.15, 0.2) is 45.8 Å². The predicted molar refractivity (Wildman–Crippen MR) is 98.5 cm³/mol. The molecule has 130 valence electrons. The summed E-state index contributed by atoms with van der Waals surface area (Å²) < 4.78 is 39.5. The van der Waals surface area contributed by atoms with Crippen LogP contribution in [0, 0.1) is 6.92 Å². The van der Waals surface area contributed by atoms with Crippen molar-refractivity contribution in [2.45, 2.75) is 25.7 Å². The Balaban J connectivity index is 2.42. The van der Waals surface area contributed by atoms with Gasteiger partial charge in [-0.15, -0.1) is 0 Å². The highest BCUT2D eigenvalue weighted by Crippen LogP contribution is 2.32. The topological polar surface area (TPSA) is 64.6 Å². The first-order valence-electron chi connectivity index (χ1n) is 7.56. The quantitative estimate of drug-likeness (QED) is 0.732. The van der Waals surface area contributed by atoms with Crippen molar-refractivity contribution < 1.29 is 17.9 Å². The fourth-order valence-corrected chi connectivity index (χ4v) is 4.40. The highest BCUT2D eigenvalue weighted by Gasteiger charge is 2.20. The van der Waals surface area contributed by atoms with Crippen LogP contribution in [0.4, 0.5) is 5.69 Å². The molecule has 0 aliphatic carbocycles. The van der Waals surface area contributed by atoms with Gasteiger partial charge < -0.3 is 9.47 Å². The third-order valence-corrected chi connectivity index (χ3v) is 5.53. The van der Waals surface area contributed by atoms with E-state index in [0.717, 1.165) is 5.56 Å². The van der Waals surface area contributed by atoms with Gasteiger partial charge in [0.05, 0.1) is 18.9 Å². The van der Waals surface area contributed by atoms with Crippen molar-refractivity contribution in [1.82, 2.24) is 0 Å². The minimum Gasteiger partial charge on any atom is -0.494 e. The lowest BCUT2D eigenvalue weighted by molar-refractivity contribution is 0.332. The summed E-state index contributed by atoms with van der Waals surface area (Å²) in [6.07, 6.45) is 0. The lowest BCUT2D eigenvalue weighted by Gasteiger charge is -2.15. The van der Waals surface area contributed by atoms with Crippen molar-refractivity contribution in [2.24, 2.45) is 0 Å². The van der Waals surface area contributed by atoms with Crippen molar-refractivity contribution in [3.05, 3.63) is 46.4 Å². The first kappa shape index (κ1) is 18.6. The maximum Gasteiger partial charge on any atom is 0.263 e. The van der Waals surface area contributed by atoms with Crippen LogP contribution >= 0.6 is 15.9 Å². The smallest absolute Gasteiger partial charge is 0.263 e. The third-order valence-electron chi connectivity index (χ3n) is 3.18. The number of aryl methyl sites for hydroxylation is 1. The highest BCUT2D eigenvalue weighted by molar-refractivity contribution is 9.10. The summed E-state index contributed by atoms with van der Waals surface area (Å²) in [5.74, 6) is 1.02. The van der Waals surface area contributed by atoms with Crippen LogP contribution in [0.2, 0.25) is 0 Å². The summed E-state index contributed by atoms with van der Waals surface area (Å²) in [7, 11) is -3.77. The van der Waals surface area contributed by atoms with E-state index >= 15 is 0 Å². The number of ether oxygens (including phenoxy) is 2. The predicted octanol–water partition coefficient (Wildman–Crippen LogP) is 4.36. The minimum atomic E-state index is -3.77. The Hall–Kier alpha value is -1.73. The number of hydrogen-bond donors (Lipinski definition) is 1. The van der Waals surface area contributed by atoms with Gasteiger partial charge in [-0.25, -0.2) is 8.42 Å². The molecule has 2 aromatic carbocycles. The Morgan fingerprint density at radius 1 is 1.04 bits per heavy atom. The average molecular weight is 414 g/mol. The molecule has 0 radical (unpaired) electrons. The Kier molecular flexibility index (Phi) is 6.12. The van der Waals surface area contributed by atoms with E-state index in [2.05, 4.69) is 20.7 Å². The second-order valence-electron chi connectivity index (χ2n) is 5.06. The first-order valence-corrected chi connectivity index (χ1v) is 9.83. The molecule has 7 heteroatoms. The van der Waals surface area contributed by atoms with Gasteiger partial charge in [0.2, 0.25) is 0 Å². The van der Waals surface area contributed by atoms with Crippen LogP contribution in [-0.2, 0) is 10.0 Å². The fourth-order valence-electron chi connectivity index (χ4n) is 2.15. The summed E-state index contributed by atoms with van der Waals surface area (Å²) in [4.78, 5) is 0.164. The van der Waals surface area contributed by atoms with Crippen molar-refractivity contribution in [3.8, 4) is 11.5 Å². The van der Waals surface area contributed by atoms with Gasteiger partial charge in [-0.3, -0.25) is 4.72 Å². The molecule has 0 spiro atoms. The van der Waals surface area contributed by atoms with Gasteiger partial charge in [-0.05, 0) is 66.5 Å². The molecule has 0 aliphatic heterocycles. The standard InChI is InChI=1S/C17H20BrNO4S/c1-4-22-13-7-8-16(23-5-2)15(11-13)19-24(20,21)17-9-6-12(3)10-14(17)18/h6-11,19H,4-5H2,1-3H3. The largest absolute Gasteiger partial charge is 0.494 e. The van der Waals surface area contributed by atoms with Crippen LogP contribution in [0.5, 0.6) is 11.5 Å². The minimum absolute atomic E-state index is 0.164. The molecule has 0 aromatic heterocycles. The maximum absolute atomic E-state index is 12.7. The summed E-state index contributed by atoms with van der Waals surface area (Å²) in [5, 5.41) is 0. The Labute approximate surface area is 151 Å². The van der Waals surface area contributed by atoms with E-state index in [4.69, 9.17) is 9.47 Å². The van der Waals surface area contributed by atoms with Crippen molar-refractivity contribution in [1.29, 1.82) is 0 Å². The van der Waals surface area contributed by atoms with Crippen LogP contribution in [0.25, 0.3) is 0 Å². The van der Waals surface area contributed by atoms with Gasteiger partial charge in [0, 0.05) is 10.5 Å². The Morgan fingerprint density at radius 2 is 1.75 bits per heavy atom. The van der Waals surface area contributed by atoms with Crippen LogP contribution in [0.3, 0.4) is 0 Å². The number of rotatable bonds is 7. The van der Waals surface area contributed by atoms with E-state index in [9.17, 15) is 8.42 Å². The highest BCUT2D eigenvalue weighted by atomic mass is 79.9. The van der Waals surface area contributed by atoms with Crippen molar-refractivity contribution in [2.75, 3.05) is 17.9 Å². The Morgan fingerprint density at radius 3 is 2.38 bits per heavy atom. The van der Waals surface area contributed by atoms with Gasteiger partial charge in [0.1, 0.15) is 16.4 Å². The zero-order chi connectivity index (χ0) is 17.7. The molecule has 0 saturated carbocycles. The molecule has 2 rings (SSSR count). The van der Waals surface area contributed by atoms with E-state index in [1.165, 1.54) is 0 Å². The summed E-state index contributed by atoms with van der Waals surface area (Å²) in [5.41, 5.74) is 1.31. The molecule has 2 aromatic rings. The SMILES string of the molecule is CCOc1ccc(OCC)c(NS(=O)(=O)c2ccc(C)cc2Br)c1. The normalized spacial score (nSPS) is 11.2. The van der Waals surface area contributed by atoms with Crippen molar-refractivity contribution in [3.63, 3.8) is 0 Å². The molecule has 0 heterocycles. The molecule has 0 atom stereocenters. The fraction of sp³-hybridized carbons (Fsp3) is 0.294. The molecule has 0 saturated heterocycles. The molecule has 0 amide bonds. The van der Waals surface area contributed by atoms with E-state index in [-0.39, 0.29) is 4.90 Å².